The maximum atomic E-state index is 12.1. The molecule has 0 aromatic carbocycles. The molecule has 1 fully saturated rings. The molecule has 0 bridgehead atoms. The van der Waals surface area contributed by atoms with Crippen LogP contribution in [0.25, 0.3) is 0 Å². The molecule has 1 unspecified atom stereocenters. The molecule has 2 amide bonds. The van der Waals surface area contributed by atoms with Crippen LogP contribution in [0.4, 0.5) is 0 Å². The summed E-state index contributed by atoms with van der Waals surface area (Å²) < 4.78 is 0. The third kappa shape index (κ3) is 4.07. The predicted octanol–water partition coefficient (Wildman–Crippen LogP) is 2.42. The van der Waals surface area contributed by atoms with Gasteiger partial charge in [-0.25, -0.2) is 0 Å². The zero-order chi connectivity index (χ0) is 14.5. The van der Waals surface area contributed by atoms with Gasteiger partial charge >= 0.3 is 0 Å². The normalized spacial score (nSPS) is 19.9. The van der Waals surface area contributed by atoms with Crippen molar-refractivity contribution in [2.45, 2.75) is 44.9 Å². The topological polar surface area (TPSA) is 63.4 Å². The Morgan fingerprint density at radius 1 is 1.50 bits per heavy atom. The zero-order valence-corrected chi connectivity index (χ0v) is 12.7. The number of primary amides is 1. The first-order valence-electron chi connectivity index (χ1n) is 7.18. The minimum absolute atomic E-state index is 0.213. The van der Waals surface area contributed by atoms with Crippen molar-refractivity contribution >= 4 is 23.2 Å². The standard InChI is InChI=1S/C15H22N2O2S/c1-11-7-8-13(20-11)12-4-2-6-15(19)17(10-12)9-3-5-14(16)18/h7-8,12H,2-6,9-10H2,1H3,(H2,16,18). The van der Waals surface area contributed by atoms with Crippen molar-refractivity contribution in [1.82, 2.24) is 4.90 Å². The summed E-state index contributed by atoms with van der Waals surface area (Å²) in [6.45, 7) is 3.53. The summed E-state index contributed by atoms with van der Waals surface area (Å²) in [5.41, 5.74) is 5.15. The molecule has 1 saturated heterocycles. The number of carbonyl (C=O) groups is 2. The average molecular weight is 294 g/mol. The molecule has 1 aromatic heterocycles. The second-order valence-corrected chi connectivity index (χ2v) is 6.77. The van der Waals surface area contributed by atoms with Crippen LogP contribution in [0.1, 0.15) is 47.8 Å². The lowest BCUT2D eigenvalue weighted by atomic mass is 10.0. The third-order valence-corrected chi connectivity index (χ3v) is 4.91. The highest BCUT2D eigenvalue weighted by molar-refractivity contribution is 7.12. The third-order valence-electron chi connectivity index (χ3n) is 3.75. The molecule has 20 heavy (non-hydrogen) atoms. The van der Waals surface area contributed by atoms with Crippen molar-refractivity contribution in [3.63, 3.8) is 0 Å². The summed E-state index contributed by atoms with van der Waals surface area (Å²) in [5, 5.41) is 0. The first-order chi connectivity index (χ1) is 9.56. The lowest BCUT2D eigenvalue weighted by Gasteiger charge is -2.24. The van der Waals surface area contributed by atoms with Gasteiger partial charge in [0, 0.05) is 41.6 Å². The number of likely N-dealkylation sites (tertiary alicyclic amines) is 1. The molecule has 1 atom stereocenters. The number of thiophene rings is 1. The molecule has 0 radical (unpaired) electrons. The molecule has 2 heterocycles. The van der Waals surface area contributed by atoms with E-state index in [4.69, 9.17) is 5.73 Å². The number of nitrogens with two attached hydrogens (primary N) is 1. The van der Waals surface area contributed by atoms with E-state index in [1.807, 2.05) is 16.2 Å². The summed E-state index contributed by atoms with van der Waals surface area (Å²) in [6, 6.07) is 4.33. The first kappa shape index (κ1) is 15.0. The van der Waals surface area contributed by atoms with Gasteiger partial charge in [-0.2, -0.15) is 0 Å². The number of amides is 2. The summed E-state index contributed by atoms with van der Waals surface area (Å²) in [7, 11) is 0. The number of rotatable bonds is 5. The lowest BCUT2D eigenvalue weighted by Crippen LogP contribution is -2.33. The van der Waals surface area contributed by atoms with E-state index in [2.05, 4.69) is 19.1 Å². The van der Waals surface area contributed by atoms with Crippen LogP contribution in [0.2, 0.25) is 0 Å². The second-order valence-electron chi connectivity index (χ2n) is 5.45. The Morgan fingerprint density at radius 3 is 2.95 bits per heavy atom. The predicted molar refractivity (Wildman–Crippen MR) is 80.7 cm³/mol. The van der Waals surface area contributed by atoms with Gasteiger partial charge in [0.25, 0.3) is 0 Å². The average Bonchev–Trinajstić information content (AvgIpc) is 2.73. The van der Waals surface area contributed by atoms with Gasteiger partial charge in [-0.3, -0.25) is 9.59 Å². The van der Waals surface area contributed by atoms with E-state index in [1.165, 1.54) is 9.75 Å². The van der Waals surface area contributed by atoms with Crippen molar-refractivity contribution in [3.05, 3.63) is 21.9 Å². The van der Waals surface area contributed by atoms with E-state index < -0.39 is 0 Å². The number of hydrogen-bond donors (Lipinski definition) is 1. The molecule has 5 heteroatoms. The SMILES string of the molecule is Cc1ccc(C2CCCC(=O)N(CCCC(N)=O)C2)s1. The molecule has 0 spiro atoms. The van der Waals surface area contributed by atoms with E-state index in [0.29, 0.717) is 31.7 Å². The van der Waals surface area contributed by atoms with Crippen LogP contribution < -0.4 is 5.73 Å². The van der Waals surface area contributed by atoms with Crippen molar-refractivity contribution in [1.29, 1.82) is 0 Å². The Bertz CT molecular complexity index is 484. The summed E-state index contributed by atoms with van der Waals surface area (Å²) in [6.07, 6.45) is 3.66. The van der Waals surface area contributed by atoms with E-state index in [-0.39, 0.29) is 11.8 Å². The Morgan fingerprint density at radius 2 is 2.30 bits per heavy atom. The van der Waals surface area contributed by atoms with Crippen LogP contribution in [0.5, 0.6) is 0 Å². The molecule has 2 rings (SSSR count). The summed E-state index contributed by atoms with van der Waals surface area (Å²) in [5.74, 6) is 0.358. The van der Waals surface area contributed by atoms with Crippen molar-refractivity contribution in [2.24, 2.45) is 5.73 Å². The first-order valence-corrected chi connectivity index (χ1v) is 8.00. The Balaban J connectivity index is 1.98. The number of hydrogen-bond acceptors (Lipinski definition) is 3. The van der Waals surface area contributed by atoms with Crippen LogP contribution in [0, 0.1) is 6.92 Å². The van der Waals surface area contributed by atoms with Crippen molar-refractivity contribution < 1.29 is 9.59 Å². The number of nitrogens with zero attached hydrogens (tertiary/aromatic N) is 1. The van der Waals surface area contributed by atoms with E-state index in [0.717, 1.165) is 19.4 Å². The zero-order valence-electron chi connectivity index (χ0n) is 11.9. The Hall–Kier alpha value is -1.36. The number of aryl methyl sites for hydroxylation is 1. The largest absolute Gasteiger partial charge is 0.370 e. The minimum atomic E-state index is -0.294. The molecule has 0 aliphatic carbocycles. The molecular weight excluding hydrogens is 272 g/mol. The molecule has 1 aliphatic heterocycles. The van der Waals surface area contributed by atoms with Gasteiger partial charge in [0.1, 0.15) is 0 Å². The summed E-state index contributed by atoms with van der Waals surface area (Å²) >= 11 is 1.82. The second kappa shape index (κ2) is 6.88. The smallest absolute Gasteiger partial charge is 0.222 e. The maximum Gasteiger partial charge on any atom is 0.222 e. The molecule has 0 saturated carbocycles. The molecule has 110 valence electrons. The molecular formula is C15H22N2O2S. The van der Waals surface area contributed by atoms with E-state index in [9.17, 15) is 9.59 Å². The van der Waals surface area contributed by atoms with Crippen LogP contribution in [0.3, 0.4) is 0 Å². The Labute approximate surface area is 124 Å². The Kier molecular flexibility index (Phi) is 5.17. The van der Waals surface area contributed by atoms with Crippen LogP contribution >= 0.6 is 11.3 Å². The summed E-state index contributed by atoms with van der Waals surface area (Å²) in [4.78, 5) is 27.5. The van der Waals surface area contributed by atoms with Gasteiger partial charge in [0.05, 0.1) is 0 Å². The lowest BCUT2D eigenvalue weighted by molar-refractivity contribution is -0.131. The van der Waals surface area contributed by atoms with Gasteiger partial charge in [0.2, 0.25) is 11.8 Å². The van der Waals surface area contributed by atoms with Crippen molar-refractivity contribution in [3.8, 4) is 0 Å². The minimum Gasteiger partial charge on any atom is -0.370 e. The van der Waals surface area contributed by atoms with Crippen LogP contribution in [0.15, 0.2) is 12.1 Å². The fourth-order valence-corrected chi connectivity index (χ4v) is 3.69. The molecule has 1 aromatic rings. The van der Waals surface area contributed by atoms with Gasteiger partial charge < -0.3 is 10.6 Å². The van der Waals surface area contributed by atoms with Crippen molar-refractivity contribution in [2.75, 3.05) is 13.1 Å². The maximum absolute atomic E-state index is 12.1. The highest BCUT2D eigenvalue weighted by Crippen LogP contribution is 2.31. The van der Waals surface area contributed by atoms with E-state index in [1.54, 1.807) is 0 Å². The van der Waals surface area contributed by atoms with E-state index >= 15 is 0 Å². The van der Waals surface area contributed by atoms with Gasteiger partial charge in [-0.05, 0) is 38.3 Å². The molecule has 4 nitrogen and oxygen atoms in total. The fraction of sp³-hybridized carbons (Fsp3) is 0.600. The molecule has 2 N–H and O–H groups in total. The van der Waals surface area contributed by atoms with Crippen LogP contribution in [-0.4, -0.2) is 29.8 Å². The quantitative estimate of drug-likeness (QED) is 0.906. The highest BCUT2D eigenvalue weighted by Gasteiger charge is 2.24. The van der Waals surface area contributed by atoms with Gasteiger partial charge in [0.15, 0.2) is 0 Å². The highest BCUT2D eigenvalue weighted by atomic mass is 32.1. The fourth-order valence-electron chi connectivity index (χ4n) is 2.68. The monoisotopic (exact) mass is 294 g/mol. The van der Waals surface area contributed by atoms with Crippen LogP contribution in [-0.2, 0) is 9.59 Å². The van der Waals surface area contributed by atoms with Gasteiger partial charge in [-0.15, -0.1) is 11.3 Å². The molecule has 1 aliphatic rings. The number of carbonyl (C=O) groups excluding carboxylic acids is 2. The van der Waals surface area contributed by atoms with Gasteiger partial charge in [-0.1, -0.05) is 0 Å².